The standard InChI is InChI=1S/C16H15NOS/c1-11-3-6-13(7-4-11)19-16-10-17-15-9-12(18-2)5-8-14(15)16/h3-10,17H,1-2H3. The normalized spacial score (nSPS) is 10.8. The zero-order valence-corrected chi connectivity index (χ0v) is 11.8. The van der Waals surface area contributed by atoms with E-state index >= 15 is 0 Å². The monoisotopic (exact) mass is 269 g/mol. The SMILES string of the molecule is COc1ccc2c(Sc3ccc(C)cc3)c[nH]c2c1. The topological polar surface area (TPSA) is 25.0 Å². The molecule has 2 aromatic carbocycles. The van der Waals surface area contributed by atoms with Crippen LogP contribution in [0.15, 0.2) is 58.5 Å². The summed E-state index contributed by atoms with van der Waals surface area (Å²) in [6.45, 7) is 2.10. The second-order valence-electron chi connectivity index (χ2n) is 4.48. The van der Waals surface area contributed by atoms with Gasteiger partial charge in [0.25, 0.3) is 0 Å². The molecule has 0 aliphatic rings. The molecule has 0 amide bonds. The van der Waals surface area contributed by atoms with E-state index in [1.165, 1.54) is 20.7 Å². The third kappa shape index (κ3) is 2.47. The molecule has 96 valence electrons. The summed E-state index contributed by atoms with van der Waals surface area (Å²) in [5.41, 5.74) is 2.39. The van der Waals surface area contributed by atoms with Gasteiger partial charge >= 0.3 is 0 Å². The first-order valence-corrected chi connectivity index (χ1v) is 6.97. The molecule has 1 aromatic heterocycles. The number of fused-ring (bicyclic) bond motifs is 1. The first-order valence-electron chi connectivity index (χ1n) is 6.16. The summed E-state index contributed by atoms with van der Waals surface area (Å²) in [6, 6.07) is 14.7. The van der Waals surface area contributed by atoms with Gasteiger partial charge in [-0.25, -0.2) is 0 Å². The van der Waals surface area contributed by atoms with E-state index in [1.807, 2.05) is 12.1 Å². The van der Waals surface area contributed by atoms with Crippen molar-refractivity contribution in [2.45, 2.75) is 16.7 Å². The number of aromatic nitrogens is 1. The molecule has 0 aliphatic carbocycles. The molecule has 3 rings (SSSR count). The summed E-state index contributed by atoms with van der Waals surface area (Å²) in [5, 5.41) is 1.23. The van der Waals surface area contributed by atoms with Crippen LogP contribution in [0.2, 0.25) is 0 Å². The lowest BCUT2D eigenvalue weighted by atomic mass is 10.2. The smallest absolute Gasteiger partial charge is 0.120 e. The number of rotatable bonds is 3. The maximum absolute atomic E-state index is 5.24. The van der Waals surface area contributed by atoms with E-state index in [1.54, 1.807) is 18.9 Å². The summed E-state index contributed by atoms with van der Waals surface area (Å²) in [5.74, 6) is 0.876. The molecule has 0 unspecified atom stereocenters. The lowest BCUT2D eigenvalue weighted by molar-refractivity contribution is 0.415. The lowest BCUT2D eigenvalue weighted by Crippen LogP contribution is -1.81. The van der Waals surface area contributed by atoms with E-state index in [4.69, 9.17) is 4.74 Å². The van der Waals surface area contributed by atoms with Gasteiger partial charge in [0, 0.05) is 27.4 Å². The Hall–Kier alpha value is -1.87. The van der Waals surface area contributed by atoms with Crippen LogP contribution in [0.4, 0.5) is 0 Å². The molecular formula is C16H15NOS. The molecule has 0 atom stereocenters. The minimum Gasteiger partial charge on any atom is -0.497 e. The van der Waals surface area contributed by atoms with Gasteiger partial charge < -0.3 is 9.72 Å². The Morgan fingerprint density at radius 2 is 1.84 bits per heavy atom. The van der Waals surface area contributed by atoms with Crippen molar-refractivity contribution < 1.29 is 4.74 Å². The van der Waals surface area contributed by atoms with Gasteiger partial charge in [-0.1, -0.05) is 29.5 Å². The summed E-state index contributed by atoms with van der Waals surface area (Å²) in [6.07, 6.45) is 2.05. The molecule has 1 heterocycles. The predicted molar refractivity (Wildman–Crippen MR) is 80.2 cm³/mol. The Morgan fingerprint density at radius 1 is 1.05 bits per heavy atom. The van der Waals surface area contributed by atoms with Gasteiger partial charge in [0.1, 0.15) is 5.75 Å². The van der Waals surface area contributed by atoms with Crippen molar-refractivity contribution in [2.24, 2.45) is 0 Å². The van der Waals surface area contributed by atoms with Gasteiger partial charge in [-0.2, -0.15) is 0 Å². The molecule has 0 aliphatic heterocycles. The zero-order chi connectivity index (χ0) is 13.2. The van der Waals surface area contributed by atoms with E-state index in [0.29, 0.717) is 0 Å². The Labute approximate surface area is 116 Å². The molecule has 2 nitrogen and oxygen atoms in total. The van der Waals surface area contributed by atoms with Gasteiger partial charge in [-0.05, 0) is 31.2 Å². The van der Waals surface area contributed by atoms with E-state index in [9.17, 15) is 0 Å². The van der Waals surface area contributed by atoms with Crippen LogP contribution in [0, 0.1) is 6.92 Å². The van der Waals surface area contributed by atoms with Crippen LogP contribution >= 0.6 is 11.8 Å². The summed E-state index contributed by atoms with van der Waals surface area (Å²) in [7, 11) is 1.69. The first kappa shape index (κ1) is 12.2. The third-order valence-electron chi connectivity index (χ3n) is 3.10. The van der Waals surface area contributed by atoms with Crippen LogP contribution < -0.4 is 4.74 Å². The summed E-state index contributed by atoms with van der Waals surface area (Å²) >= 11 is 1.77. The van der Waals surface area contributed by atoms with Gasteiger partial charge in [-0.3, -0.25) is 0 Å². The highest BCUT2D eigenvalue weighted by Crippen LogP contribution is 2.34. The molecule has 19 heavy (non-hydrogen) atoms. The summed E-state index contributed by atoms with van der Waals surface area (Å²) < 4.78 is 5.24. The number of methoxy groups -OCH3 is 1. The molecule has 0 fully saturated rings. The number of hydrogen-bond donors (Lipinski definition) is 1. The highest BCUT2D eigenvalue weighted by atomic mass is 32.2. The zero-order valence-electron chi connectivity index (χ0n) is 10.9. The van der Waals surface area contributed by atoms with Gasteiger partial charge in [0.05, 0.1) is 12.6 Å². The fourth-order valence-electron chi connectivity index (χ4n) is 2.02. The molecule has 0 bridgehead atoms. The molecule has 0 saturated heterocycles. The minimum absolute atomic E-state index is 0.876. The second-order valence-corrected chi connectivity index (χ2v) is 5.59. The maximum Gasteiger partial charge on any atom is 0.120 e. The lowest BCUT2D eigenvalue weighted by Gasteiger charge is -2.02. The van der Waals surface area contributed by atoms with E-state index in [0.717, 1.165) is 11.3 Å². The number of aromatic amines is 1. The number of nitrogens with one attached hydrogen (secondary N) is 1. The number of hydrogen-bond acceptors (Lipinski definition) is 2. The fourth-order valence-corrected chi connectivity index (χ4v) is 2.96. The van der Waals surface area contributed by atoms with Crippen LogP contribution in [0.25, 0.3) is 10.9 Å². The Morgan fingerprint density at radius 3 is 2.58 bits per heavy atom. The van der Waals surface area contributed by atoms with Crippen molar-refractivity contribution in [3.63, 3.8) is 0 Å². The molecule has 0 saturated carbocycles. The summed E-state index contributed by atoms with van der Waals surface area (Å²) in [4.78, 5) is 5.78. The van der Waals surface area contributed by atoms with Crippen molar-refractivity contribution >= 4 is 22.7 Å². The highest BCUT2D eigenvalue weighted by Gasteiger charge is 2.06. The fraction of sp³-hybridized carbons (Fsp3) is 0.125. The van der Waals surface area contributed by atoms with Crippen LogP contribution in [-0.4, -0.2) is 12.1 Å². The number of H-pyrrole nitrogens is 1. The van der Waals surface area contributed by atoms with Gasteiger partial charge in [0.2, 0.25) is 0 Å². The maximum atomic E-state index is 5.24. The Kier molecular flexibility index (Phi) is 3.22. The molecular weight excluding hydrogens is 254 g/mol. The van der Waals surface area contributed by atoms with Crippen LogP contribution in [0.3, 0.4) is 0 Å². The third-order valence-corrected chi connectivity index (χ3v) is 4.17. The van der Waals surface area contributed by atoms with E-state index < -0.39 is 0 Å². The van der Waals surface area contributed by atoms with Crippen LogP contribution in [0.5, 0.6) is 5.75 Å². The quantitative estimate of drug-likeness (QED) is 0.749. The molecule has 0 spiro atoms. The number of aryl methyl sites for hydroxylation is 1. The van der Waals surface area contributed by atoms with Crippen LogP contribution in [0.1, 0.15) is 5.56 Å². The first-order chi connectivity index (χ1) is 9.26. The Balaban J connectivity index is 1.95. The van der Waals surface area contributed by atoms with Crippen molar-refractivity contribution in [1.82, 2.24) is 4.98 Å². The van der Waals surface area contributed by atoms with Gasteiger partial charge in [-0.15, -0.1) is 0 Å². The van der Waals surface area contributed by atoms with E-state index in [2.05, 4.69) is 48.4 Å². The van der Waals surface area contributed by atoms with Gasteiger partial charge in [0.15, 0.2) is 0 Å². The average Bonchev–Trinajstić information content (AvgIpc) is 2.83. The van der Waals surface area contributed by atoms with Crippen molar-refractivity contribution in [3.8, 4) is 5.75 Å². The predicted octanol–water partition coefficient (Wildman–Crippen LogP) is 4.64. The Bertz CT molecular complexity index is 700. The van der Waals surface area contributed by atoms with E-state index in [-0.39, 0.29) is 0 Å². The van der Waals surface area contributed by atoms with Crippen LogP contribution in [-0.2, 0) is 0 Å². The average molecular weight is 269 g/mol. The van der Waals surface area contributed by atoms with Crippen molar-refractivity contribution in [1.29, 1.82) is 0 Å². The van der Waals surface area contributed by atoms with Crippen molar-refractivity contribution in [3.05, 3.63) is 54.2 Å². The minimum atomic E-state index is 0.876. The molecule has 1 N–H and O–H groups in total. The largest absolute Gasteiger partial charge is 0.497 e. The molecule has 3 aromatic rings. The number of ether oxygens (including phenoxy) is 1. The molecule has 0 radical (unpaired) electrons. The second kappa shape index (κ2) is 5.02. The molecule has 3 heteroatoms. The highest BCUT2D eigenvalue weighted by molar-refractivity contribution is 7.99. The van der Waals surface area contributed by atoms with Crippen molar-refractivity contribution in [2.75, 3.05) is 7.11 Å². The number of benzene rings is 2.